The highest BCUT2D eigenvalue weighted by Gasteiger charge is 2.48. The van der Waals surface area contributed by atoms with Gasteiger partial charge in [0.1, 0.15) is 11.5 Å². The standard InChI is InChI=1S/C28H27N5O5/c1-31-11-10-28(37,27(31)36)23-15-21(30-38-23)19-8-5-9-20(14-19)25-29-24(26(34)35)22-17-32(12-13-33(22)25)16-18-6-3-2-4-7-18/h2-9,14-15,37H,10-13,16-17H2,1H3,(H,34,35). The fraction of sp³-hybridized carbons (Fsp3) is 0.286. The first kappa shape index (κ1) is 24.1. The van der Waals surface area contributed by atoms with E-state index in [-0.39, 0.29) is 17.9 Å². The van der Waals surface area contributed by atoms with E-state index < -0.39 is 17.5 Å². The number of carbonyl (C=O) groups excluding carboxylic acids is 1. The maximum absolute atomic E-state index is 12.5. The van der Waals surface area contributed by atoms with Crippen LogP contribution in [0, 0.1) is 0 Å². The summed E-state index contributed by atoms with van der Waals surface area (Å²) >= 11 is 0. The number of benzene rings is 2. The second-order valence-electron chi connectivity index (χ2n) is 9.88. The summed E-state index contributed by atoms with van der Waals surface area (Å²) in [5.41, 5.74) is 2.10. The summed E-state index contributed by atoms with van der Waals surface area (Å²) in [6, 6.07) is 19.1. The molecule has 10 heteroatoms. The number of hydrogen-bond acceptors (Lipinski definition) is 7. The monoisotopic (exact) mass is 513 g/mol. The Morgan fingerprint density at radius 2 is 1.84 bits per heavy atom. The molecule has 4 heterocycles. The van der Waals surface area contributed by atoms with E-state index in [4.69, 9.17) is 4.52 Å². The number of aliphatic hydroxyl groups is 1. The van der Waals surface area contributed by atoms with Crippen LogP contribution in [0.4, 0.5) is 0 Å². The SMILES string of the molecule is CN1CCC(O)(c2cc(-c3cccc(-c4nc(C(=O)O)c5n4CCN(Cc4ccccc4)C5)c3)no2)C1=O. The molecule has 10 nitrogen and oxygen atoms in total. The Morgan fingerprint density at radius 3 is 2.58 bits per heavy atom. The molecule has 1 atom stereocenters. The molecule has 1 saturated heterocycles. The molecule has 0 aliphatic carbocycles. The number of aromatic nitrogens is 3. The van der Waals surface area contributed by atoms with Gasteiger partial charge in [0.15, 0.2) is 11.5 Å². The smallest absolute Gasteiger partial charge is 0.356 e. The van der Waals surface area contributed by atoms with Crippen LogP contribution in [0.5, 0.6) is 0 Å². The number of imidazole rings is 1. The molecule has 2 aromatic carbocycles. The summed E-state index contributed by atoms with van der Waals surface area (Å²) in [6.45, 7) is 3.02. The minimum Gasteiger partial charge on any atom is -0.476 e. The third kappa shape index (κ3) is 4.07. The minimum atomic E-state index is -1.72. The highest BCUT2D eigenvalue weighted by molar-refractivity contribution is 5.89. The third-order valence-electron chi connectivity index (χ3n) is 7.38. The number of likely N-dealkylation sites (tertiary alicyclic amines) is 1. The Hall–Kier alpha value is -4.28. The first-order valence-electron chi connectivity index (χ1n) is 12.5. The van der Waals surface area contributed by atoms with E-state index in [1.54, 1.807) is 13.1 Å². The van der Waals surface area contributed by atoms with Gasteiger partial charge in [-0.15, -0.1) is 0 Å². The molecule has 2 N–H and O–H groups in total. The van der Waals surface area contributed by atoms with Crippen molar-refractivity contribution in [1.82, 2.24) is 24.5 Å². The fourth-order valence-electron chi connectivity index (χ4n) is 5.29. The van der Waals surface area contributed by atoms with Crippen molar-refractivity contribution in [3.05, 3.63) is 83.4 Å². The fourth-order valence-corrected chi connectivity index (χ4v) is 5.29. The van der Waals surface area contributed by atoms with Gasteiger partial charge in [0, 0.05) is 63.4 Å². The molecule has 0 spiro atoms. The summed E-state index contributed by atoms with van der Waals surface area (Å²) in [5, 5.41) is 24.9. The number of aromatic carboxylic acids is 1. The lowest BCUT2D eigenvalue weighted by Gasteiger charge is -2.29. The van der Waals surface area contributed by atoms with Crippen molar-refractivity contribution in [2.75, 3.05) is 20.1 Å². The molecular formula is C28H27N5O5. The summed E-state index contributed by atoms with van der Waals surface area (Å²) in [6.07, 6.45) is 0.233. The van der Waals surface area contributed by atoms with Gasteiger partial charge in [-0.25, -0.2) is 9.78 Å². The van der Waals surface area contributed by atoms with Crippen LogP contribution < -0.4 is 0 Å². The average molecular weight is 514 g/mol. The number of carboxylic acids is 1. The zero-order chi connectivity index (χ0) is 26.4. The number of nitrogens with zero attached hydrogens (tertiary/aromatic N) is 5. The lowest BCUT2D eigenvalue weighted by Crippen LogP contribution is -2.35. The molecule has 1 unspecified atom stereocenters. The first-order valence-corrected chi connectivity index (χ1v) is 12.5. The molecule has 2 aliphatic heterocycles. The van der Waals surface area contributed by atoms with Gasteiger partial charge >= 0.3 is 5.97 Å². The highest BCUT2D eigenvalue weighted by Crippen LogP contribution is 2.36. The third-order valence-corrected chi connectivity index (χ3v) is 7.38. The highest BCUT2D eigenvalue weighted by atomic mass is 16.5. The topological polar surface area (TPSA) is 125 Å². The molecule has 0 bridgehead atoms. The summed E-state index contributed by atoms with van der Waals surface area (Å²) in [5.74, 6) is -0.788. The quantitative estimate of drug-likeness (QED) is 0.403. The lowest BCUT2D eigenvalue weighted by atomic mass is 9.98. The summed E-state index contributed by atoms with van der Waals surface area (Å²) in [7, 11) is 1.64. The van der Waals surface area contributed by atoms with E-state index in [0.29, 0.717) is 42.4 Å². The van der Waals surface area contributed by atoms with Crippen LogP contribution in [-0.2, 0) is 30.0 Å². The molecular weight excluding hydrogens is 486 g/mol. The molecule has 1 amide bonds. The number of hydrogen-bond donors (Lipinski definition) is 2. The van der Waals surface area contributed by atoms with Crippen molar-refractivity contribution < 1.29 is 24.3 Å². The second-order valence-corrected chi connectivity index (χ2v) is 9.88. The average Bonchev–Trinajstić information content (AvgIpc) is 3.63. The zero-order valence-electron chi connectivity index (χ0n) is 20.9. The van der Waals surface area contributed by atoms with Crippen LogP contribution in [0.2, 0.25) is 0 Å². The van der Waals surface area contributed by atoms with Gasteiger partial charge in [-0.3, -0.25) is 9.69 Å². The van der Waals surface area contributed by atoms with Crippen molar-refractivity contribution >= 4 is 11.9 Å². The number of likely N-dealkylation sites (N-methyl/N-ethyl adjacent to an activating group) is 1. The Balaban J connectivity index is 1.31. The van der Waals surface area contributed by atoms with Crippen LogP contribution >= 0.6 is 0 Å². The van der Waals surface area contributed by atoms with Gasteiger partial charge < -0.3 is 24.2 Å². The van der Waals surface area contributed by atoms with E-state index in [1.165, 1.54) is 10.5 Å². The van der Waals surface area contributed by atoms with Crippen LogP contribution in [0.3, 0.4) is 0 Å². The van der Waals surface area contributed by atoms with Crippen molar-refractivity contribution in [3.63, 3.8) is 0 Å². The van der Waals surface area contributed by atoms with Gasteiger partial charge in [-0.05, 0) is 11.6 Å². The predicted molar refractivity (Wildman–Crippen MR) is 137 cm³/mol. The largest absolute Gasteiger partial charge is 0.476 e. The van der Waals surface area contributed by atoms with Gasteiger partial charge in [0.25, 0.3) is 5.91 Å². The van der Waals surface area contributed by atoms with Crippen LogP contribution in [0.15, 0.2) is 65.2 Å². The zero-order valence-corrected chi connectivity index (χ0v) is 20.9. The maximum atomic E-state index is 12.5. The van der Waals surface area contributed by atoms with Gasteiger partial charge in [-0.2, -0.15) is 0 Å². The number of amides is 1. The van der Waals surface area contributed by atoms with Crippen molar-refractivity contribution in [1.29, 1.82) is 0 Å². The molecule has 2 aliphatic rings. The Bertz CT molecular complexity index is 1530. The van der Waals surface area contributed by atoms with Crippen LogP contribution in [0.1, 0.15) is 33.9 Å². The second kappa shape index (κ2) is 9.23. The number of carboxylic acid groups (broad SMARTS) is 1. The molecule has 2 aromatic heterocycles. The first-order chi connectivity index (χ1) is 18.3. The lowest BCUT2D eigenvalue weighted by molar-refractivity contribution is -0.144. The molecule has 194 valence electrons. The Labute approximate surface area is 218 Å². The molecule has 4 aromatic rings. The Kier molecular flexibility index (Phi) is 5.85. The molecule has 1 fully saturated rings. The van der Waals surface area contributed by atoms with Gasteiger partial charge in [-0.1, -0.05) is 53.7 Å². The van der Waals surface area contributed by atoms with E-state index >= 15 is 0 Å². The Morgan fingerprint density at radius 1 is 1.05 bits per heavy atom. The summed E-state index contributed by atoms with van der Waals surface area (Å²) < 4.78 is 7.39. The van der Waals surface area contributed by atoms with Crippen LogP contribution in [0.25, 0.3) is 22.6 Å². The van der Waals surface area contributed by atoms with Crippen molar-refractivity contribution in [3.8, 4) is 22.6 Å². The summed E-state index contributed by atoms with van der Waals surface area (Å²) in [4.78, 5) is 32.8. The van der Waals surface area contributed by atoms with E-state index in [1.807, 2.05) is 47.0 Å². The van der Waals surface area contributed by atoms with E-state index in [2.05, 4.69) is 27.2 Å². The van der Waals surface area contributed by atoms with Crippen molar-refractivity contribution in [2.45, 2.75) is 31.7 Å². The number of fused-ring (bicyclic) bond motifs is 1. The van der Waals surface area contributed by atoms with E-state index in [0.717, 1.165) is 18.7 Å². The van der Waals surface area contributed by atoms with Crippen LogP contribution in [-0.4, -0.2) is 66.7 Å². The van der Waals surface area contributed by atoms with E-state index in [9.17, 15) is 19.8 Å². The van der Waals surface area contributed by atoms with Crippen molar-refractivity contribution in [2.24, 2.45) is 0 Å². The minimum absolute atomic E-state index is 0.0537. The predicted octanol–water partition coefficient (Wildman–Crippen LogP) is 2.97. The molecule has 38 heavy (non-hydrogen) atoms. The molecule has 0 radical (unpaired) electrons. The van der Waals surface area contributed by atoms with Gasteiger partial charge in [0.2, 0.25) is 5.60 Å². The van der Waals surface area contributed by atoms with Gasteiger partial charge in [0.05, 0.1) is 5.69 Å². The number of rotatable bonds is 6. The maximum Gasteiger partial charge on any atom is 0.356 e. The number of carbonyl (C=O) groups is 2. The molecule has 6 rings (SSSR count). The molecule has 0 saturated carbocycles. The normalized spacial score (nSPS) is 19.6.